The summed E-state index contributed by atoms with van der Waals surface area (Å²) in [6.07, 6.45) is 0.795. The van der Waals surface area contributed by atoms with Gasteiger partial charge in [0.25, 0.3) is 5.91 Å². The number of nitrogens with zero attached hydrogens (tertiary/aromatic N) is 1. The highest BCUT2D eigenvalue weighted by molar-refractivity contribution is 5.93. The van der Waals surface area contributed by atoms with Crippen LogP contribution in [0.1, 0.15) is 16.1 Å². The largest absolute Gasteiger partial charge is 0.497 e. The molecule has 0 spiro atoms. The number of ether oxygens (including phenoxy) is 1. The van der Waals surface area contributed by atoms with Crippen LogP contribution in [0.2, 0.25) is 0 Å². The average molecular weight is 321 g/mol. The molecule has 1 aromatic heterocycles. The van der Waals surface area contributed by atoms with Gasteiger partial charge in [-0.3, -0.25) is 9.89 Å². The van der Waals surface area contributed by atoms with Crippen LogP contribution in [-0.2, 0) is 6.42 Å². The molecule has 0 unspecified atom stereocenters. The molecular formula is C19H19N3O2. The van der Waals surface area contributed by atoms with E-state index in [1.165, 1.54) is 5.56 Å². The first-order valence-electron chi connectivity index (χ1n) is 7.78. The van der Waals surface area contributed by atoms with Gasteiger partial charge in [-0.15, -0.1) is 0 Å². The first-order valence-corrected chi connectivity index (χ1v) is 7.78. The van der Waals surface area contributed by atoms with Crippen molar-refractivity contribution in [1.82, 2.24) is 15.5 Å². The summed E-state index contributed by atoms with van der Waals surface area (Å²) in [5.41, 5.74) is 3.25. The lowest BCUT2D eigenvalue weighted by molar-refractivity contribution is 0.0949. The highest BCUT2D eigenvalue weighted by atomic mass is 16.5. The van der Waals surface area contributed by atoms with E-state index in [4.69, 9.17) is 4.74 Å². The molecule has 24 heavy (non-hydrogen) atoms. The molecule has 0 saturated carbocycles. The number of aromatic nitrogens is 2. The number of methoxy groups -OCH3 is 1. The van der Waals surface area contributed by atoms with E-state index in [0.717, 1.165) is 17.7 Å². The molecule has 2 aromatic carbocycles. The smallest absolute Gasteiger partial charge is 0.269 e. The summed E-state index contributed by atoms with van der Waals surface area (Å²) in [5, 5.41) is 9.89. The van der Waals surface area contributed by atoms with Crippen molar-refractivity contribution in [2.45, 2.75) is 6.42 Å². The van der Waals surface area contributed by atoms with E-state index in [0.29, 0.717) is 17.9 Å². The second kappa shape index (κ2) is 7.46. The molecule has 0 atom stereocenters. The van der Waals surface area contributed by atoms with Gasteiger partial charge in [0, 0.05) is 12.1 Å². The SMILES string of the molecule is COc1cccc(-c2cc(C(=O)NCCc3ccccc3)[nH]n2)c1. The number of benzene rings is 2. The van der Waals surface area contributed by atoms with Gasteiger partial charge in [0.15, 0.2) is 0 Å². The standard InChI is InChI=1S/C19H19N3O2/c1-24-16-9-5-8-15(12-16)17-13-18(22-21-17)19(23)20-11-10-14-6-3-2-4-7-14/h2-9,12-13H,10-11H2,1H3,(H,20,23)(H,21,22). The van der Waals surface area contributed by atoms with E-state index >= 15 is 0 Å². The number of carbonyl (C=O) groups is 1. The van der Waals surface area contributed by atoms with Crippen molar-refractivity contribution in [2.24, 2.45) is 0 Å². The third-order valence-corrected chi connectivity index (χ3v) is 3.73. The van der Waals surface area contributed by atoms with Crippen LogP contribution in [0, 0.1) is 0 Å². The van der Waals surface area contributed by atoms with Crippen molar-refractivity contribution in [2.75, 3.05) is 13.7 Å². The van der Waals surface area contributed by atoms with Crippen molar-refractivity contribution in [3.05, 3.63) is 71.9 Å². The fourth-order valence-electron chi connectivity index (χ4n) is 2.43. The predicted molar refractivity (Wildman–Crippen MR) is 93.1 cm³/mol. The summed E-state index contributed by atoms with van der Waals surface area (Å²) in [4.78, 5) is 12.2. The molecule has 0 bridgehead atoms. The summed E-state index contributed by atoms with van der Waals surface area (Å²) >= 11 is 0. The van der Waals surface area contributed by atoms with Crippen LogP contribution in [-0.4, -0.2) is 29.8 Å². The second-order valence-electron chi connectivity index (χ2n) is 5.39. The van der Waals surface area contributed by atoms with E-state index < -0.39 is 0 Å². The Hall–Kier alpha value is -3.08. The fraction of sp³-hybridized carbons (Fsp3) is 0.158. The topological polar surface area (TPSA) is 67.0 Å². The van der Waals surface area contributed by atoms with Gasteiger partial charge in [-0.25, -0.2) is 0 Å². The Balaban J connectivity index is 1.61. The van der Waals surface area contributed by atoms with Crippen LogP contribution < -0.4 is 10.1 Å². The van der Waals surface area contributed by atoms with E-state index in [-0.39, 0.29) is 5.91 Å². The first-order chi connectivity index (χ1) is 11.8. The predicted octanol–water partition coefficient (Wildman–Crippen LogP) is 3.06. The minimum absolute atomic E-state index is 0.160. The lowest BCUT2D eigenvalue weighted by atomic mass is 10.1. The van der Waals surface area contributed by atoms with Gasteiger partial charge in [0.05, 0.1) is 12.8 Å². The Morgan fingerprint density at radius 1 is 1.12 bits per heavy atom. The third kappa shape index (κ3) is 3.81. The summed E-state index contributed by atoms with van der Waals surface area (Å²) in [6.45, 7) is 0.580. The molecule has 3 aromatic rings. The molecule has 1 amide bonds. The number of hydrogen-bond donors (Lipinski definition) is 2. The van der Waals surface area contributed by atoms with Crippen molar-refractivity contribution in [3.8, 4) is 17.0 Å². The van der Waals surface area contributed by atoms with E-state index in [9.17, 15) is 4.79 Å². The number of hydrogen-bond acceptors (Lipinski definition) is 3. The van der Waals surface area contributed by atoms with E-state index in [2.05, 4.69) is 15.5 Å². The highest BCUT2D eigenvalue weighted by Crippen LogP contribution is 2.22. The summed E-state index contributed by atoms with van der Waals surface area (Å²) in [5.74, 6) is 0.594. The molecule has 0 saturated heterocycles. The van der Waals surface area contributed by atoms with Crippen molar-refractivity contribution in [1.29, 1.82) is 0 Å². The van der Waals surface area contributed by atoms with Crippen LogP contribution in [0.15, 0.2) is 60.7 Å². The molecule has 122 valence electrons. The molecule has 0 aliphatic heterocycles. The molecule has 5 heteroatoms. The van der Waals surface area contributed by atoms with Gasteiger partial charge in [0.1, 0.15) is 11.4 Å². The second-order valence-corrected chi connectivity index (χ2v) is 5.39. The van der Waals surface area contributed by atoms with Gasteiger partial charge in [-0.05, 0) is 30.2 Å². The van der Waals surface area contributed by atoms with Crippen LogP contribution in [0.4, 0.5) is 0 Å². The number of nitrogens with one attached hydrogen (secondary N) is 2. The third-order valence-electron chi connectivity index (χ3n) is 3.73. The maximum atomic E-state index is 12.2. The summed E-state index contributed by atoms with van der Waals surface area (Å²) in [6, 6.07) is 19.4. The zero-order valence-electron chi connectivity index (χ0n) is 13.5. The molecule has 1 heterocycles. The lowest BCUT2D eigenvalue weighted by Crippen LogP contribution is -2.25. The quantitative estimate of drug-likeness (QED) is 0.733. The molecular weight excluding hydrogens is 302 g/mol. The lowest BCUT2D eigenvalue weighted by Gasteiger charge is -2.03. The van der Waals surface area contributed by atoms with Crippen molar-refractivity contribution in [3.63, 3.8) is 0 Å². The minimum atomic E-state index is -0.160. The van der Waals surface area contributed by atoms with Crippen LogP contribution in [0.25, 0.3) is 11.3 Å². The van der Waals surface area contributed by atoms with Gasteiger partial charge < -0.3 is 10.1 Å². The zero-order valence-corrected chi connectivity index (χ0v) is 13.5. The summed E-state index contributed by atoms with van der Waals surface area (Å²) in [7, 11) is 1.62. The normalized spacial score (nSPS) is 10.4. The summed E-state index contributed by atoms with van der Waals surface area (Å²) < 4.78 is 5.21. The number of aromatic amines is 1. The van der Waals surface area contributed by atoms with Gasteiger partial charge in [0.2, 0.25) is 0 Å². The maximum Gasteiger partial charge on any atom is 0.269 e. The average Bonchev–Trinajstić information content (AvgIpc) is 3.13. The number of amides is 1. The van der Waals surface area contributed by atoms with Gasteiger partial charge >= 0.3 is 0 Å². The molecule has 5 nitrogen and oxygen atoms in total. The zero-order chi connectivity index (χ0) is 16.8. The maximum absolute atomic E-state index is 12.2. The van der Waals surface area contributed by atoms with Crippen LogP contribution >= 0.6 is 0 Å². The van der Waals surface area contributed by atoms with E-state index in [1.54, 1.807) is 13.2 Å². The molecule has 0 radical (unpaired) electrons. The van der Waals surface area contributed by atoms with Crippen LogP contribution in [0.5, 0.6) is 5.75 Å². The molecule has 3 rings (SSSR count). The van der Waals surface area contributed by atoms with Gasteiger partial charge in [-0.2, -0.15) is 5.10 Å². The first kappa shape index (κ1) is 15.8. The Kier molecular flexibility index (Phi) is 4.91. The highest BCUT2D eigenvalue weighted by Gasteiger charge is 2.11. The Labute approximate surface area is 140 Å². The Bertz CT molecular complexity index is 812. The number of rotatable bonds is 6. The fourth-order valence-corrected chi connectivity index (χ4v) is 2.43. The number of H-pyrrole nitrogens is 1. The van der Waals surface area contributed by atoms with E-state index in [1.807, 2.05) is 54.6 Å². The van der Waals surface area contributed by atoms with Gasteiger partial charge in [-0.1, -0.05) is 42.5 Å². The number of carbonyl (C=O) groups excluding carboxylic acids is 1. The molecule has 0 aliphatic carbocycles. The van der Waals surface area contributed by atoms with Crippen LogP contribution in [0.3, 0.4) is 0 Å². The Morgan fingerprint density at radius 3 is 2.75 bits per heavy atom. The van der Waals surface area contributed by atoms with Crippen molar-refractivity contribution < 1.29 is 9.53 Å². The molecule has 0 fully saturated rings. The minimum Gasteiger partial charge on any atom is -0.497 e. The monoisotopic (exact) mass is 321 g/mol. The van der Waals surface area contributed by atoms with Crippen molar-refractivity contribution >= 4 is 5.91 Å². The Morgan fingerprint density at radius 2 is 1.96 bits per heavy atom. The molecule has 2 N–H and O–H groups in total. The molecule has 0 aliphatic rings.